The molecule has 0 unspecified atom stereocenters. The molecule has 0 atom stereocenters. The first-order chi connectivity index (χ1) is 7.43. The molecule has 0 N–H and O–H groups in total. The Bertz CT molecular complexity index is 428. The predicted molar refractivity (Wildman–Crippen MR) is 70.7 cm³/mol. The highest BCUT2D eigenvalue weighted by Crippen LogP contribution is 2.20. The molecule has 84 valence electrons. The van der Waals surface area contributed by atoms with Crippen LogP contribution in [-0.2, 0) is 4.79 Å². The van der Waals surface area contributed by atoms with Crippen LogP contribution in [0.3, 0.4) is 0 Å². The van der Waals surface area contributed by atoms with Gasteiger partial charge in [-0.25, -0.2) is 0 Å². The number of hydrogen-bond donors (Lipinski definition) is 1. The Morgan fingerprint density at radius 3 is 2.38 bits per heavy atom. The minimum Gasteiger partial charge on any atom is -0.359 e. The predicted octanol–water partition coefficient (Wildman–Crippen LogP) is 2.36. The SMILES string of the molecule is CN(c1ccccc1)C(C)(C)C#CC(=O)S. The van der Waals surface area contributed by atoms with Gasteiger partial charge in [0.15, 0.2) is 0 Å². The molecule has 1 rings (SSSR count). The molecule has 0 saturated carbocycles. The van der Waals surface area contributed by atoms with Crippen molar-refractivity contribution < 1.29 is 4.79 Å². The minimum absolute atomic E-state index is 0.403. The number of anilines is 1. The second-order valence-corrected chi connectivity index (χ2v) is 4.41. The minimum atomic E-state index is -0.408. The van der Waals surface area contributed by atoms with Gasteiger partial charge in [0.25, 0.3) is 5.12 Å². The maximum atomic E-state index is 10.7. The summed E-state index contributed by atoms with van der Waals surface area (Å²) < 4.78 is 0. The largest absolute Gasteiger partial charge is 0.359 e. The van der Waals surface area contributed by atoms with Gasteiger partial charge in [0.1, 0.15) is 0 Å². The van der Waals surface area contributed by atoms with Crippen molar-refractivity contribution in [2.45, 2.75) is 19.4 Å². The van der Waals surface area contributed by atoms with Crippen molar-refractivity contribution in [2.24, 2.45) is 0 Å². The van der Waals surface area contributed by atoms with Gasteiger partial charge in [0.2, 0.25) is 0 Å². The van der Waals surface area contributed by atoms with E-state index in [1.807, 2.05) is 56.1 Å². The zero-order chi connectivity index (χ0) is 12.2. The summed E-state index contributed by atoms with van der Waals surface area (Å²) in [5, 5.41) is -0.408. The molecular formula is C13H15NOS. The van der Waals surface area contributed by atoms with Gasteiger partial charge in [-0.2, -0.15) is 0 Å². The van der Waals surface area contributed by atoms with Gasteiger partial charge in [-0.3, -0.25) is 4.79 Å². The number of carbonyl (C=O) groups excluding carboxylic acids is 1. The monoisotopic (exact) mass is 233 g/mol. The lowest BCUT2D eigenvalue weighted by Gasteiger charge is -2.32. The summed E-state index contributed by atoms with van der Waals surface area (Å²) in [6.45, 7) is 3.92. The van der Waals surface area contributed by atoms with Crippen LogP contribution in [0.4, 0.5) is 5.69 Å². The number of para-hydroxylation sites is 1. The lowest BCUT2D eigenvalue weighted by molar-refractivity contribution is -0.106. The Morgan fingerprint density at radius 1 is 1.31 bits per heavy atom. The molecule has 1 aromatic rings. The lowest BCUT2D eigenvalue weighted by Crippen LogP contribution is -2.39. The van der Waals surface area contributed by atoms with Gasteiger partial charge in [-0.15, -0.1) is 0 Å². The van der Waals surface area contributed by atoms with Crippen molar-refractivity contribution in [3.05, 3.63) is 30.3 Å². The smallest absolute Gasteiger partial charge is 0.259 e. The topological polar surface area (TPSA) is 20.3 Å². The van der Waals surface area contributed by atoms with E-state index in [0.717, 1.165) is 5.69 Å². The van der Waals surface area contributed by atoms with Crippen molar-refractivity contribution >= 4 is 23.4 Å². The highest BCUT2D eigenvalue weighted by molar-refractivity contribution is 7.97. The lowest BCUT2D eigenvalue weighted by atomic mass is 10.0. The Hall–Kier alpha value is -1.40. The van der Waals surface area contributed by atoms with Gasteiger partial charge >= 0.3 is 0 Å². The second-order valence-electron chi connectivity index (χ2n) is 4.01. The van der Waals surface area contributed by atoms with Crippen LogP contribution in [-0.4, -0.2) is 17.7 Å². The van der Waals surface area contributed by atoms with Crippen molar-refractivity contribution in [1.82, 2.24) is 0 Å². The van der Waals surface area contributed by atoms with Crippen LogP contribution in [0.15, 0.2) is 30.3 Å². The fourth-order valence-corrected chi connectivity index (χ4v) is 1.32. The third-order valence-electron chi connectivity index (χ3n) is 2.46. The van der Waals surface area contributed by atoms with Crippen molar-refractivity contribution in [1.29, 1.82) is 0 Å². The van der Waals surface area contributed by atoms with Crippen LogP contribution in [0.2, 0.25) is 0 Å². The Morgan fingerprint density at radius 2 is 1.88 bits per heavy atom. The first-order valence-corrected chi connectivity index (χ1v) is 5.43. The van der Waals surface area contributed by atoms with Crippen LogP contribution >= 0.6 is 12.6 Å². The maximum absolute atomic E-state index is 10.7. The molecule has 2 nitrogen and oxygen atoms in total. The van der Waals surface area contributed by atoms with Crippen LogP contribution in [0.5, 0.6) is 0 Å². The number of benzene rings is 1. The van der Waals surface area contributed by atoms with E-state index in [2.05, 4.69) is 24.5 Å². The van der Waals surface area contributed by atoms with E-state index in [4.69, 9.17) is 0 Å². The summed E-state index contributed by atoms with van der Waals surface area (Å²) in [6.07, 6.45) is 0. The number of carbonyl (C=O) groups is 1. The summed E-state index contributed by atoms with van der Waals surface area (Å²) in [7, 11) is 1.95. The van der Waals surface area contributed by atoms with Gasteiger partial charge in [0, 0.05) is 12.7 Å². The molecule has 0 saturated heterocycles. The molecule has 0 radical (unpaired) electrons. The summed E-state index contributed by atoms with van der Waals surface area (Å²) >= 11 is 3.63. The molecule has 0 heterocycles. The third-order valence-corrected chi connectivity index (χ3v) is 2.57. The van der Waals surface area contributed by atoms with E-state index in [-0.39, 0.29) is 0 Å². The van der Waals surface area contributed by atoms with Crippen LogP contribution in [0.1, 0.15) is 13.8 Å². The fraction of sp³-hybridized carbons (Fsp3) is 0.308. The first kappa shape index (κ1) is 12.7. The summed E-state index contributed by atoms with van der Waals surface area (Å²) in [5.74, 6) is 5.38. The Labute approximate surface area is 102 Å². The molecule has 0 spiro atoms. The summed E-state index contributed by atoms with van der Waals surface area (Å²) in [6, 6.07) is 9.92. The molecular weight excluding hydrogens is 218 g/mol. The molecule has 0 aliphatic carbocycles. The zero-order valence-corrected chi connectivity index (χ0v) is 10.6. The summed E-state index contributed by atoms with van der Waals surface area (Å²) in [5.41, 5.74) is 0.660. The highest BCUT2D eigenvalue weighted by Gasteiger charge is 2.20. The quantitative estimate of drug-likeness (QED) is 0.625. The van der Waals surface area contributed by atoms with Crippen molar-refractivity contribution in [3.63, 3.8) is 0 Å². The van der Waals surface area contributed by atoms with Gasteiger partial charge < -0.3 is 4.90 Å². The van der Waals surface area contributed by atoms with Crippen LogP contribution in [0.25, 0.3) is 0 Å². The fourth-order valence-electron chi connectivity index (χ4n) is 1.26. The second kappa shape index (κ2) is 5.09. The number of nitrogens with zero attached hydrogens (tertiary/aromatic N) is 1. The maximum Gasteiger partial charge on any atom is 0.259 e. The standard InChI is InChI=1S/C13H15NOS/c1-13(2,10-9-12(15)16)14(3)11-7-5-4-6-8-11/h4-8H,1-3H3,(H,15,16). The molecule has 0 aliphatic rings. The molecule has 16 heavy (non-hydrogen) atoms. The Balaban J connectivity index is 2.94. The molecule has 0 bridgehead atoms. The van der Waals surface area contributed by atoms with E-state index >= 15 is 0 Å². The molecule has 0 aliphatic heterocycles. The van der Waals surface area contributed by atoms with Gasteiger partial charge in [0.05, 0.1) is 5.54 Å². The summed E-state index contributed by atoms with van der Waals surface area (Å²) in [4.78, 5) is 12.7. The zero-order valence-electron chi connectivity index (χ0n) is 9.69. The first-order valence-electron chi connectivity index (χ1n) is 4.98. The molecule has 1 aromatic carbocycles. The molecule has 0 fully saturated rings. The number of thiol groups is 1. The molecule has 3 heteroatoms. The number of hydrogen-bond acceptors (Lipinski definition) is 2. The van der Waals surface area contributed by atoms with Gasteiger partial charge in [-0.1, -0.05) is 36.7 Å². The van der Waals surface area contributed by atoms with Crippen molar-refractivity contribution in [2.75, 3.05) is 11.9 Å². The average molecular weight is 233 g/mol. The Kier molecular flexibility index (Phi) is 4.03. The van der Waals surface area contributed by atoms with E-state index < -0.39 is 10.7 Å². The molecule has 0 aromatic heterocycles. The van der Waals surface area contributed by atoms with E-state index in [0.29, 0.717) is 0 Å². The van der Waals surface area contributed by atoms with Crippen molar-refractivity contribution in [3.8, 4) is 11.8 Å². The third kappa shape index (κ3) is 3.32. The van der Waals surface area contributed by atoms with Crippen LogP contribution in [0, 0.1) is 11.8 Å². The van der Waals surface area contributed by atoms with Crippen LogP contribution < -0.4 is 4.90 Å². The molecule has 0 amide bonds. The normalized spacial score (nSPS) is 10.2. The highest BCUT2D eigenvalue weighted by atomic mass is 32.1. The van der Waals surface area contributed by atoms with Gasteiger partial charge in [-0.05, 0) is 31.9 Å². The average Bonchev–Trinajstić information content (AvgIpc) is 2.27. The number of rotatable bonds is 2. The van der Waals surface area contributed by atoms with E-state index in [1.54, 1.807) is 0 Å². The van der Waals surface area contributed by atoms with E-state index in [9.17, 15) is 4.79 Å². The van der Waals surface area contributed by atoms with E-state index in [1.165, 1.54) is 0 Å².